The van der Waals surface area contributed by atoms with Gasteiger partial charge in [0.1, 0.15) is 0 Å². The fraction of sp³-hybridized carbons (Fsp3) is 0.167. The summed E-state index contributed by atoms with van der Waals surface area (Å²) in [5.74, 6) is 0. The summed E-state index contributed by atoms with van der Waals surface area (Å²) in [6.45, 7) is 2.06. The zero-order valence-electron chi connectivity index (χ0n) is 8.21. The topological polar surface area (TPSA) is 4.93 Å². The second-order valence-corrected chi connectivity index (χ2v) is 3.80. The molecule has 0 aliphatic heterocycles. The number of hydrogen-bond donors (Lipinski definition) is 0. The van der Waals surface area contributed by atoms with Gasteiger partial charge >= 0.3 is 0 Å². The van der Waals surface area contributed by atoms with E-state index >= 15 is 0 Å². The highest BCUT2D eigenvalue weighted by atomic mass is 35.5. The first kappa shape index (κ1) is 9.35. The van der Waals surface area contributed by atoms with E-state index in [0.717, 1.165) is 10.6 Å². The van der Waals surface area contributed by atoms with E-state index in [1.165, 1.54) is 11.3 Å². The van der Waals surface area contributed by atoms with E-state index < -0.39 is 0 Å². The Hall–Kier alpha value is -1.21. The van der Waals surface area contributed by atoms with Crippen LogP contribution < -0.4 is 0 Å². The van der Waals surface area contributed by atoms with Crippen LogP contribution in [-0.4, -0.2) is 4.57 Å². The van der Waals surface area contributed by atoms with E-state index in [0.29, 0.717) is 0 Å². The lowest BCUT2D eigenvalue weighted by Gasteiger charge is -2.05. The third kappa shape index (κ3) is 1.55. The van der Waals surface area contributed by atoms with Gasteiger partial charge in [0, 0.05) is 24.3 Å². The SMILES string of the molecule is Cc1[c]cn(C)c1-c1ccc(Cl)cc1. The van der Waals surface area contributed by atoms with Crippen molar-refractivity contribution in [2.24, 2.45) is 7.05 Å². The van der Waals surface area contributed by atoms with Gasteiger partial charge in [-0.3, -0.25) is 0 Å². The summed E-state index contributed by atoms with van der Waals surface area (Å²) in [5.41, 5.74) is 3.53. The summed E-state index contributed by atoms with van der Waals surface area (Å²) in [6.07, 6.45) is 1.94. The van der Waals surface area contributed by atoms with Gasteiger partial charge in [-0.25, -0.2) is 0 Å². The van der Waals surface area contributed by atoms with E-state index in [-0.39, 0.29) is 0 Å². The molecule has 2 aromatic rings. The summed E-state index contributed by atoms with van der Waals surface area (Å²) in [6, 6.07) is 11.0. The van der Waals surface area contributed by atoms with Crippen LogP contribution in [0.4, 0.5) is 0 Å². The van der Waals surface area contributed by atoms with Crippen molar-refractivity contribution in [2.75, 3.05) is 0 Å². The summed E-state index contributed by atoms with van der Waals surface area (Å²) in [4.78, 5) is 0. The first-order valence-electron chi connectivity index (χ1n) is 4.48. The lowest BCUT2D eigenvalue weighted by molar-refractivity contribution is 0.934. The number of aryl methyl sites for hydroxylation is 2. The molecule has 0 saturated heterocycles. The van der Waals surface area contributed by atoms with Gasteiger partial charge in [-0.05, 0) is 30.2 Å². The quantitative estimate of drug-likeness (QED) is 0.671. The van der Waals surface area contributed by atoms with Crippen LogP contribution in [0.15, 0.2) is 30.5 Å². The van der Waals surface area contributed by atoms with Crippen LogP contribution >= 0.6 is 11.6 Å². The molecule has 0 aliphatic rings. The van der Waals surface area contributed by atoms with Gasteiger partial charge < -0.3 is 4.57 Å². The minimum atomic E-state index is 0.768. The minimum Gasteiger partial charge on any atom is -0.350 e. The summed E-state index contributed by atoms with van der Waals surface area (Å²) in [7, 11) is 2.02. The van der Waals surface area contributed by atoms with Crippen molar-refractivity contribution in [1.82, 2.24) is 4.57 Å². The molecule has 1 radical (unpaired) electrons. The molecule has 1 aromatic heterocycles. The second-order valence-electron chi connectivity index (χ2n) is 3.36. The summed E-state index contributed by atoms with van der Waals surface area (Å²) in [5, 5.41) is 0.768. The molecule has 1 aromatic carbocycles. The Morgan fingerprint density at radius 3 is 2.36 bits per heavy atom. The molecule has 0 fully saturated rings. The van der Waals surface area contributed by atoms with Crippen LogP contribution in [0.25, 0.3) is 11.3 Å². The van der Waals surface area contributed by atoms with Crippen LogP contribution in [0.2, 0.25) is 5.02 Å². The van der Waals surface area contributed by atoms with Crippen LogP contribution in [0.1, 0.15) is 5.56 Å². The third-order valence-electron chi connectivity index (χ3n) is 2.30. The molecule has 1 nitrogen and oxygen atoms in total. The Labute approximate surface area is 88.9 Å². The predicted octanol–water partition coefficient (Wildman–Crippen LogP) is 3.45. The summed E-state index contributed by atoms with van der Waals surface area (Å²) < 4.78 is 2.07. The lowest BCUT2D eigenvalue weighted by Crippen LogP contribution is -1.90. The largest absolute Gasteiger partial charge is 0.350 e. The number of benzene rings is 1. The monoisotopic (exact) mass is 204 g/mol. The number of aromatic nitrogens is 1. The maximum Gasteiger partial charge on any atom is 0.0513 e. The van der Waals surface area contributed by atoms with Gasteiger partial charge in [0.05, 0.1) is 5.69 Å². The number of nitrogens with zero attached hydrogens (tertiary/aromatic N) is 1. The summed E-state index contributed by atoms with van der Waals surface area (Å²) >= 11 is 5.84. The predicted molar refractivity (Wildman–Crippen MR) is 59.4 cm³/mol. The average Bonchev–Trinajstić information content (AvgIpc) is 2.49. The van der Waals surface area contributed by atoms with Crippen molar-refractivity contribution < 1.29 is 0 Å². The number of rotatable bonds is 1. The highest BCUT2D eigenvalue weighted by Crippen LogP contribution is 2.24. The normalized spacial score (nSPS) is 10.5. The molecule has 0 spiro atoms. The molecule has 14 heavy (non-hydrogen) atoms. The van der Waals surface area contributed by atoms with E-state index in [9.17, 15) is 0 Å². The Morgan fingerprint density at radius 1 is 1.21 bits per heavy atom. The Balaban J connectivity index is 2.54. The molecule has 0 aliphatic carbocycles. The molecular formula is C12H11ClN. The molecular weight excluding hydrogens is 194 g/mol. The lowest BCUT2D eigenvalue weighted by atomic mass is 10.1. The maximum atomic E-state index is 5.84. The van der Waals surface area contributed by atoms with Gasteiger partial charge in [-0.15, -0.1) is 0 Å². The number of hydrogen-bond acceptors (Lipinski definition) is 0. The molecule has 0 bridgehead atoms. The van der Waals surface area contributed by atoms with Crippen molar-refractivity contribution in [3.8, 4) is 11.3 Å². The Bertz CT molecular complexity index is 420. The smallest absolute Gasteiger partial charge is 0.0513 e. The Kier molecular flexibility index (Phi) is 2.34. The molecule has 2 rings (SSSR count). The van der Waals surface area contributed by atoms with E-state index in [4.69, 9.17) is 11.6 Å². The molecule has 2 heteroatoms. The highest BCUT2D eigenvalue weighted by Gasteiger charge is 2.05. The highest BCUT2D eigenvalue weighted by molar-refractivity contribution is 6.30. The van der Waals surface area contributed by atoms with Crippen molar-refractivity contribution in [3.63, 3.8) is 0 Å². The van der Waals surface area contributed by atoms with Crippen LogP contribution in [-0.2, 0) is 7.05 Å². The van der Waals surface area contributed by atoms with Gasteiger partial charge in [-0.2, -0.15) is 0 Å². The fourth-order valence-electron chi connectivity index (χ4n) is 1.62. The average molecular weight is 205 g/mol. The van der Waals surface area contributed by atoms with Crippen LogP contribution in [0, 0.1) is 13.0 Å². The fourth-order valence-corrected chi connectivity index (χ4v) is 1.74. The first-order chi connectivity index (χ1) is 6.68. The van der Waals surface area contributed by atoms with Gasteiger partial charge in [0.15, 0.2) is 0 Å². The van der Waals surface area contributed by atoms with E-state index in [2.05, 4.69) is 17.6 Å². The minimum absolute atomic E-state index is 0.768. The first-order valence-corrected chi connectivity index (χ1v) is 4.86. The Morgan fingerprint density at radius 2 is 1.86 bits per heavy atom. The molecule has 0 N–H and O–H groups in total. The van der Waals surface area contributed by atoms with Gasteiger partial charge in [0.25, 0.3) is 0 Å². The molecule has 0 unspecified atom stereocenters. The molecule has 71 valence electrons. The van der Waals surface area contributed by atoms with Gasteiger partial charge in [0.2, 0.25) is 0 Å². The van der Waals surface area contributed by atoms with Crippen LogP contribution in [0.5, 0.6) is 0 Å². The standard InChI is InChI=1S/C12H11ClN/c1-9-7-8-14(2)12(9)10-3-5-11(13)6-4-10/h3-6,8H,1-2H3. The maximum absolute atomic E-state index is 5.84. The second kappa shape index (κ2) is 3.50. The molecule has 0 saturated carbocycles. The van der Waals surface area contributed by atoms with Crippen molar-refractivity contribution in [2.45, 2.75) is 6.92 Å². The van der Waals surface area contributed by atoms with Crippen molar-refractivity contribution in [1.29, 1.82) is 0 Å². The molecule has 0 atom stereocenters. The van der Waals surface area contributed by atoms with E-state index in [1.807, 2.05) is 37.5 Å². The van der Waals surface area contributed by atoms with Crippen LogP contribution in [0.3, 0.4) is 0 Å². The van der Waals surface area contributed by atoms with E-state index in [1.54, 1.807) is 0 Å². The molecule has 0 amide bonds. The van der Waals surface area contributed by atoms with Crippen molar-refractivity contribution >= 4 is 11.6 Å². The zero-order valence-corrected chi connectivity index (χ0v) is 8.97. The van der Waals surface area contributed by atoms with Gasteiger partial charge in [-0.1, -0.05) is 23.7 Å². The number of halogens is 1. The van der Waals surface area contributed by atoms with Crippen molar-refractivity contribution in [3.05, 3.63) is 47.1 Å². The third-order valence-corrected chi connectivity index (χ3v) is 2.55. The molecule has 1 heterocycles. The zero-order chi connectivity index (χ0) is 10.1.